The summed E-state index contributed by atoms with van der Waals surface area (Å²) in [6.07, 6.45) is 10.5. The molecule has 0 heterocycles. The van der Waals surface area contributed by atoms with Crippen LogP contribution in [0.3, 0.4) is 0 Å². The quantitative estimate of drug-likeness (QED) is 0.523. The van der Waals surface area contributed by atoms with Gasteiger partial charge >= 0.3 is 0 Å². The van der Waals surface area contributed by atoms with E-state index in [2.05, 4.69) is 18.3 Å². The Labute approximate surface area is 141 Å². The van der Waals surface area contributed by atoms with Gasteiger partial charge in [-0.3, -0.25) is 0 Å². The lowest BCUT2D eigenvalue weighted by molar-refractivity contribution is 0.281. The summed E-state index contributed by atoms with van der Waals surface area (Å²) in [5.74, 6) is 2.67. The summed E-state index contributed by atoms with van der Waals surface area (Å²) in [6.45, 7) is 5.01. The van der Waals surface area contributed by atoms with Crippen LogP contribution in [0, 0.1) is 5.92 Å². The van der Waals surface area contributed by atoms with Crippen LogP contribution in [0.25, 0.3) is 0 Å². The minimum Gasteiger partial charge on any atom is -0.493 e. The zero-order valence-corrected chi connectivity index (χ0v) is 14.9. The molecule has 2 rings (SSSR count). The largest absolute Gasteiger partial charge is 0.493 e. The van der Waals surface area contributed by atoms with Gasteiger partial charge in [0.2, 0.25) is 0 Å². The number of benzene rings is 1. The molecule has 23 heavy (non-hydrogen) atoms. The Bertz CT molecular complexity index is 443. The van der Waals surface area contributed by atoms with Crippen molar-refractivity contribution in [2.24, 2.45) is 5.92 Å². The van der Waals surface area contributed by atoms with Gasteiger partial charge in [-0.05, 0) is 37.8 Å². The number of hydrogen-bond acceptors (Lipinski definition) is 3. The third-order valence-corrected chi connectivity index (χ3v) is 4.47. The molecule has 130 valence electrons. The highest BCUT2D eigenvalue weighted by Crippen LogP contribution is 2.32. The fraction of sp³-hybridized carbons (Fsp3) is 0.700. The molecule has 0 spiro atoms. The highest BCUT2D eigenvalue weighted by molar-refractivity contribution is 5.46. The summed E-state index contributed by atoms with van der Waals surface area (Å²) >= 11 is 0. The lowest BCUT2D eigenvalue weighted by atomic mass is 10.1. The second kappa shape index (κ2) is 10.5. The van der Waals surface area contributed by atoms with E-state index in [0.29, 0.717) is 0 Å². The first-order valence-corrected chi connectivity index (χ1v) is 9.34. The molecule has 1 saturated carbocycles. The highest BCUT2D eigenvalue weighted by Gasteiger charge is 2.20. The number of nitrogens with one attached hydrogen (secondary N) is 1. The van der Waals surface area contributed by atoms with Gasteiger partial charge in [0.15, 0.2) is 11.5 Å². The van der Waals surface area contributed by atoms with E-state index >= 15 is 0 Å². The third-order valence-electron chi connectivity index (χ3n) is 4.47. The van der Waals surface area contributed by atoms with Crippen molar-refractivity contribution in [3.8, 4) is 11.5 Å². The van der Waals surface area contributed by atoms with Gasteiger partial charge in [0.1, 0.15) is 0 Å². The summed E-state index contributed by atoms with van der Waals surface area (Å²) in [4.78, 5) is 0. The molecular weight excluding hydrogens is 286 g/mol. The van der Waals surface area contributed by atoms with Crippen LogP contribution in [0.15, 0.2) is 18.2 Å². The second-order valence-corrected chi connectivity index (χ2v) is 6.64. The van der Waals surface area contributed by atoms with Crippen LogP contribution in [0.2, 0.25) is 0 Å². The van der Waals surface area contributed by atoms with Crippen molar-refractivity contribution in [2.75, 3.05) is 20.3 Å². The maximum absolute atomic E-state index is 6.07. The smallest absolute Gasteiger partial charge is 0.165 e. The van der Waals surface area contributed by atoms with Crippen LogP contribution in [0.1, 0.15) is 63.9 Å². The van der Waals surface area contributed by atoms with Gasteiger partial charge in [-0.2, -0.15) is 0 Å². The predicted molar refractivity (Wildman–Crippen MR) is 96.3 cm³/mol. The minimum absolute atomic E-state index is 0.780. The van der Waals surface area contributed by atoms with E-state index in [1.807, 2.05) is 12.1 Å². The van der Waals surface area contributed by atoms with Crippen molar-refractivity contribution in [1.82, 2.24) is 5.32 Å². The molecule has 0 atom stereocenters. The Morgan fingerprint density at radius 1 is 1.09 bits per heavy atom. The predicted octanol–water partition coefficient (Wildman–Crippen LogP) is 4.93. The molecule has 3 heteroatoms. The summed E-state index contributed by atoms with van der Waals surface area (Å²) in [6, 6.07) is 6.17. The second-order valence-electron chi connectivity index (χ2n) is 6.64. The van der Waals surface area contributed by atoms with Crippen molar-refractivity contribution in [1.29, 1.82) is 0 Å². The van der Waals surface area contributed by atoms with Crippen molar-refractivity contribution in [3.05, 3.63) is 23.8 Å². The Hall–Kier alpha value is -1.22. The van der Waals surface area contributed by atoms with Crippen molar-refractivity contribution < 1.29 is 9.47 Å². The molecule has 0 unspecified atom stereocenters. The highest BCUT2D eigenvalue weighted by atomic mass is 16.5. The zero-order chi connectivity index (χ0) is 16.3. The number of ether oxygens (including phenoxy) is 2. The molecule has 1 N–H and O–H groups in total. The zero-order valence-electron chi connectivity index (χ0n) is 14.9. The van der Waals surface area contributed by atoms with Crippen LogP contribution in [-0.4, -0.2) is 20.3 Å². The SMILES string of the molecule is CCCCCCCCOc1c(CNCC2CC2)cccc1OC. The molecule has 1 fully saturated rings. The third kappa shape index (κ3) is 6.82. The van der Waals surface area contributed by atoms with Crippen molar-refractivity contribution in [3.63, 3.8) is 0 Å². The molecule has 0 amide bonds. The fourth-order valence-electron chi connectivity index (χ4n) is 2.81. The summed E-state index contributed by atoms with van der Waals surface area (Å²) in [5, 5.41) is 3.54. The number of para-hydroxylation sites is 1. The molecule has 3 nitrogen and oxygen atoms in total. The molecule has 1 aromatic rings. The first-order valence-electron chi connectivity index (χ1n) is 9.34. The molecule has 1 aromatic carbocycles. The average molecular weight is 319 g/mol. The van der Waals surface area contributed by atoms with E-state index in [0.717, 1.165) is 43.5 Å². The van der Waals surface area contributed by atoms with E-state index in [1.165, 1.54) is 50.5 Å². The van der Waals surface area contributed by atoms with Gasteiger partial charge in [0.25, 0.3) is 0 Å². The summed E-state index contributed by atoms with van der Waals surface area (Å²) < 4.78 is 11.6. The molecule has 0 aromatic heterocycles. The lowest BCUT2D eigenvalue weighted by Crippen LogP contribution is -2.17. The number of unbranched alkanes of at least 4 members (excludes halogenated alkanes) is 5. The van der Waals surface area contributed by atoms with Gasteiger partial charge in [-0.1, -0.05) is 51.2 Å². The fourth-order valence-corrected chi connectivity index (χ4v) is 2.81. The molecule has 1 aliphatic carbocycles. The number of methoxy groups -OCH3 is 1. The number of hydrogen-bond donors (Lipinski definition) is 1. The maximum atomic E-state index is 6.07. The summed E-state index contributed by atoms with van der Waals surface area (Å²) in [5.41, 5.74) is 1.20. The average Bonchev–Trinajstić information content (AvgIpc) is 3.39. The molecule has 0 bridgehead atoms. The maximum Gasteiger partial charge on any atom is 0.165 e. The van der Waals surface area contributed by atoms with Gasteiger partial charge in [0.05, 0.1) is 13.7 Å². The summed E-state index contributed by atoms with van der Waals surface area (Å²) in [7, 11) is 1.72. The Morgan fingerprint density at radius 2 is 1.87 bits per heavy atom. The molecule has 0 radical (unpaired) electrons. The van der Waals surface area contributed by atoms with Crippen LogP contribution in [0.4, 0.5) is 0 Å². The Morgan fingerprint density at radius 3 is 2.61 bits per heavy atom. The van der Waals surface area contributed by atoms with Crippen LogP contribution in [-0.2, 0) is 6.54 Å². The van der Waals surface area contributed by atoms with E-state index < -0.39 is 0 Å². The van der Waals surface area contributed by atoms with Gasteiger partial charge in [-0.15, -0.1) is 0 Å². The van der Waals surface area contributed by atoms with E-state index in [-0.39, 0.29) is 0 Å². The van der Waals surface area contributed by atoms with Gasteiger partial charge in [0, 0.05) is 12.1 Å². The molecule has 0 aliphatic heterocycles. The van der Waals surface area contributed by atoms with E-state index in [1.54, 1.807) is 7.11 Å². The van der Waals surface area contributed by atoms with Crippen LogP contribution >= 0.6 is 0 Å². The van der Waals surface area contributed by atoms with E-state index in [9.17, 15) is 0 Å². The Balaban J connectivity index is 1.77. The first-order chi connectivity index (χ1) is 11.3. The van der Waals surface area contributed by atoms with Crippen molar-refractivity contribution in [2.45, 2.75) is 64.8 Å². The monoisotopic (exact) mass is 319 g/mol. The van der Waals surface area contributed by atoms with Gasteiger partial charge < -0.3 is 14.8 Å². The van der Waals surface area contributed by atoms with Gasteiger partial charge in [-0.25, -0.2) is 0 Å². The van der Waals surface area contributed by atoms with Crippen LogP contribution < -0.4 is 14.8 Å². The lowest BCUT2D eigenvalue weighted by Gasteiger charge is -2.15. The normalized spacial score (nSPS) is 14.0. The van der Waals surface area contributed by atoms with Crippen molar-refractivity contribution >= 4 is 0 Å². The molecule has 1 aliphatic rings. The minimum atomic E-state index is 0.780. The number of rotatable bonds is 13. The Kier molecular flexibility index (Phi) is 8.30. The first kappa shape index (κ1) is 18.1. The standard InChI is InChI=1S/C20H33NO2/c1-3-4-5-6-7-8-14-23-20-18(10-9-11-19(20)22-2)16-21-15-17-12-13-17/h9-11,17,21H,3-8,12-16H2,1-2H3. The van der Waals surface area contributed by atoms with Crippen LogP contribution in [0.5, 0.6) is 11.5 Å². The topological polar surface area (TPSA) is 30.5 Å². The van der Waals surface area contributed by atoms with E-state index in [4.69, 9.17) is 9.47 Å². The molecular formula is C20H33NO2. The molecule has 0 saturated heterocycles.